The highest BCUT2D eigenvalue weighted by Gasteiger charge is 2.08. The van der Waals surface area contributed by atoms with Crippen molar-refractivity contribution in [1.82, 2.24) is 0 Å². The Morgan fingerprint density at radius 3 is 2.71 bits per heavy atom. The van der Waals surface area contributed by atoms with Crippen LogP contribution in [0.5, 0.6) is 5.75 Å². The molecule has 21 heavy (non-hydrogen) atoms. The number of aryl methyl sites for hydroxylation is 1. The highest BCUT2D eigenvalue weighted by molar-refractivity contribution is 5.50. The van der Waals surface area contributed by atoms with Gasteiger partial charge < -0.3 is 10.1 Å². The lowest BCUT2D eigenvalue weighted by molar-refractivity contribution is 0.317. The van der Waals surface area contributed by atoms with Crippen LogP contribution < -0.4 is 10.1 Å². The monoisotopic (exact) mass is 287 g/mol. The molecule has 2 nitrogen and oxygen atoms in total. The summed E-state index contributed by atoms with van der Waals surface area (Å²) in [6, 6.07) is 13.2. The highest BCUT2D eigenvalue weighted by atomic mass is 19.1. The lowest BCUT2D eigenvalue weighted by Crippen LogP contribution is -2.07. The zero-order valence-electron chi connectivity index (χ0n) is 12.8. The Hall–Kier alpha value is -2.03. The van der Waals surface area contributed by atoms with E-state index in [9.17, 15) is 4.39 Å². The maximum absolute atomic E-state index is 13.6. The van der Waals surface area contributed by atoms with Gasteiger partial charge in [0, 0.05) is 17.8 Å². The first-order chi connectivity index (χ1) is 10.1. The number of hydrogen-bond acceptors (Lipinski definition) is 2. The van der Waals surface area contributed by atoms with Gasteiger partial charge in [0.15, 0.2) is 0 Å². The molecule has 0 aliphatic carbocycles. The fourth-order valence-corrected chi connectivity index (χ4v) is 2.11. The van der Waals surface area contributed by atoms with E-state index in [0.717, 1.165) is 23.4 Å². The first-order valence-electron chi connectivity index (χ1n) is 7.35. The van der Waals surface area contributed by atoms with Gasteiger partial charge in [0.25, 0.3) is 0 Å². The standard InChI is InChI=1S/C18H22FNO/c1-4-10-21-17-7-5-6-16(12-17)20-14(3)15-9-8-13(2)18(19)11-15/h5-9,11-12,14,20H,4,10H2,1-3H3. The van der Waals surface area contributed by atoms with Crippen LogP contribution >= 0.6 is 0 Å². The molecule has 3 heteroatoms. The second-order valence-corrected chi connectivity index (χ2v) is 5.25. The van der Waals surface area contributed by atoms with Crippen molar-refractivity contribution in [3.05, 3.63) is 59.4 Å². The van der Waals surface area contributed by atoms with E-state index in [1.165, 1.54) is 0 Å². The van der Waals surface area contributed by atoms with Gasteiger partial charge in [0.05, 0.1) is 6.61 Å². The van der Waals surface area contributed by atoms with Crippen LogP contribution in [0.25, 0.3) is 0 Å². The molecule has 0 saturated heterocycles. The third-order valence-corrected chi connectivity index (χ3v) is 3.39. The number of hydrogen-bond donors (Lipinski definition) is 1. The number of nitrogens with one attached hydrogen (secondary N) is 1. The SMILES string of the molecule is CCCOc1cccc(NC(C)c2ccc(C)c(F)c2)c1. The van der Waals surface area contributed by atoms with Gasteiger partial charge >= 0.3 is 0 Å². The molecule has 0 fully saturated rings. The zero-order chi connectivity index (χ0) is 15.2. The largest absolute Gasteiger partial charge is 0.494 e. The van der Waals surface area contributed by atoms with E-state index in [1.54, 1.807) is 13.0 Å². The number of rotatable bonds is 6. The van der Waals surface area contributed by atoms with Crippen molar-refractivity contribution in [3.8, 4) is 5.75 Å². The van der Waals surface area contributed by atoms with E-state index in [1.807, 2.05) is 43.3 Å². The van der Waals surface area contributed by atoms with Crippen LogP contribution in [-0.2, 0) is 0 Å². The Labute approximate surface area is 126 Å². The number of anilines is 1. The van der Waals surface area contributed by atoms with Crippen molar-refractivity contribution in [2.24, 2.45) is 0 Å². The van der Waals surface area contributed by atoms with Crippen molar-refractivity contribution in [2.45, 2.75) is 33.2 Å². The maximum atomic E-state index is 13.6. The van der Waals surface area contributed by atoms with E-state index in [4.69, 9.17) is 4.74 Å². The molecule has 1 atom stereocenters. The summed E-state index contributed by atoms with van der Waals surface area (Å²) in [7, 11) is 0. The second kappa shape index (κ2) is 7.11. The normalized spacial score (nSPS) is 12.0. The summed E-state index contributed by atoms with van der Waals surface area (Å²) in [5.41, 5.74) is 2.57. The van der Waals surface area contributed by atoms with Crippen LogP contribution in [0.15, 0.2) is 42.5 Å². The number of ether oxygens (including phenoxy) is 1. The van der Waals surface area contributed by atoms with Crippen LogP contribution in [0.2, 0.25) is 0 Å². The molecule has 0 saturated carbocycles. The summed E-state index contributed by atoms with van der Waals surface area (Å²) in [6.45, 7) is 6.58. The molecule has 0 aliphatic rings. The van der Waals surface area contributed by atoms with Gasteiger partial charge in [0.1, 0.15) is 11.6 Å². The van der Waals surface area contributed by atoms with Gasteiger partial charge in [-0.25, -0.2) is 4.39 Å². The molecule has 0 heterocycles. The van der Waals surface area contributed by atoms with Crippen molar-refractivity contribution in [2.75, 3.05) is 11.9 Å². The number of benzene rings is 2. The topological polar surface area (TPSA) is 21.3 Å². The summed E-state index contributed by atoms with van der Waals surface area (Å²) in [4.78, 5) is 0. The van der Waals surface area contributed by atoms with E-state index < -0.39 is 0 Å². The minimum absolute atomic E-state index is 0.0292. The Morgan fingerprint density at radius 1 is 1.19 bits per heavy atom. The van der Waals surface area contributed by atoms with E-state index in [2.05, 4.69) is 12.2 Å². The summed E-state index contributed by atoms with van der Waals surface area (Å²) < 4.78 is 19.3. The predicted octanol–water partition coefficient (Wildman–Crippen LogP) is 5.10. The van der Waals surface area contributed by atoms with Crippen LogP contribution in [-0.4, -0.2) is 6.61 Å². The van der Waals surface area contributed by atoms with Crippen molar-refractivity contribution >= 4 is 5.69 Å². The Kier molecular flexibility index (Phi) is 5.20. The van der Waals surface area contributed by atoms with Crippen molar-refractivity contribution in [3.63, 3.8) is 0 Å². The molecule has 0 radical (unpaired) electrons. The molecule has 1 N–H and O–H groups in total. The zero-order valence-corrected chi connectivity index (χ0v) is 12.8. The summed E-state index contributed by atoms with van der Waals surface area (Å²) >= 11 is 0. The first kappa shape index (κ1) is 15.4. The minimum Gasteiger partial charge on any atom is -0.494 e. The maximum Gasteiger partial charge on any atom is 0.126 e. The lowest BCUT2D eigenvalue weighted by atomic mass is 10.1. The van der Waals surface area contributed by atoms with E-state index >= 15 is 0 Å². The van der Waals surface area contributed by atoms with Crippen LogP contribution in [0.3, 0.4) is 0 Å². The summed E-state index contributed by atoms with van der Waals surface area (Å²) in [5, 5.41) is 3.37. The molecule has 0 aromatic heterocycles. The average molecular weight is 287 g/mol. The van der Waals surface area contributed by atoms with Crippen molar-refractivity contribution in [1.29, 1.82) is 0 Å². The molecular formula is C18H22FNO. The minimum atomic E-state index is -0.166. The van der Waals surface area contributed by atoms with Gasteiger partial charge in [-0.3, -0.25) is 0 Å². The van der Waals surface area contributed by atoms with Crippen LogP contribution in [0.1, 0.15) is 37.4 Å². The van der Waals surface area contributed by atoms with Crippen molar-refractivity contribution < 1.29 is 9.13 Å². The molecule has 0 bridgehead atoms. The molecular weight excluding hydrogens is 265 g/mol. The van der Waals surface area contributed by atoms with Gasteiger partial charge in [-0.05, 0) is 49.6 Å². The van der Waals surface area contributed by atoms with Gasteiger partial charge in [-0.15, -0.1) is 0 Å². The second-order valence-electron chi connectivity index (χ2n) is 5.25. The molecule has 2 aromatic carbocycles. The fourth-order valence-electron chi connectivity index (χ4n) is 2.11. The molecule has 2 rings (SSSR count). The molecule has 0 spiro atoms. The van der Waals surface area contributed by atoms with Crippen LogP contribution in [0, 0.1) is 12.7 Å². The quantitative estimate of drug-likeness (QED) is 0.798. The molecule has 2 aromatic rings. The third-order valence-electron chi connectivity index (χ3n) is 3.39. The molecule has 112 valence electrons. The fraction of sp³-hybridized carbons (Fsp3) is 0.333. The van der Waals surface area contributed by atoms with Gasteiger partial charge in [-0.2, -0.15) is 0 Å². The molecule has 1 unspecified atom stereocenters. The third kappa shape index (κ3) is 4.22. The number of halogens is 1. The highest BCUT2D eigenvalue weighted by Crippen LogP contribution is 2.24. The Balaban J connectivity index is 2.07. The Bertz CT molecular complexity index is 598. The smallest absolute Gasteiger partial charge is 0.126 e. The van der Waals surface area contributed by atoms with E-state index in [-0.39, 0.29) is 11.9 Å². The Morgan fingerprint density at radius 2 is 2.00 bits per heavy atom. The van der Waals surface area contributed by atoms with Crippen LogP contribution in [0.4, 0.5) is 10.1 Å². The van der Waals surface area contributed by atoms with Gasteiger partial charge in [-0.1, -0.05) is 25.1 Å². The summed E-state index contributed by atoms with van der Waals surface area (Å²) in [6.07, 6.45) is 0.983. The molecule has 0 aliphatic heterocycles. The first-order valence-corrected chi connectivity index (χ1v) is 7.35. The van der Waals surface area contributed by atoms with E-state index in [0.29, 0.717) is 12.2 Å². The summed E-state index contributed by atoms with van der Waals surface area (Å²) in [5.74, 6) is 0.685. The molecule has 0 amide bonds. The predicted molar refractivity (Wildman–Crippen MR) is 85.4 cm³/mol. The lowest BCUT2D eigenvalue weighted by Gasteiger charge is -2.17. The average Bonchev–Trinajstić information content (AvgIpc) is 2.48. The van der Waals surface area contributed by atoms with Gasteiger partial charge in [0.2, 0.25) is 0 Å².